The Kier molecular flexibility index (Phi) is 7.04. The molecule has 1 N–H and O–H groups in total. The smallest absolute Gasteiger partial charge is 0.338 e. The molecular formula is C20H25NO6S. The first-order valence-corrected chi connectivity index (χ1v) is 10.2. The van der Waals surface area contributed by atoms with E-state index in [2.05, 4.69) is 4.72 Å². The molecule has 0 aromatic heterocycles. The molecule has 2 aromatic carbocycles. The molecule has 0 bridgehead atoms. The Morgan fingerprint density at radius 3 is 2.29 bits per heavy atom. The quantitative estimate of drug-likeness (QED) is 0.676. The van der Waals surface area contributed by atoms with E-state index in [0.717, 1.165) is 5.56 Å². The fraction of sp³-hybridized carbons (Fsp3) is 0.350. The number of carbonyl (C=O) groups is 1. The van der Waals surface area contributed by atoms with Crippen LogP contribution in [0.5, 0.6) is 11.5 Å². The predicted molar refractivity (Wildman–Crippen MR) is 105 cm³/mol. The average molecular weight is 407 g/mol. The van der Waals surface area contributed by atoms with Gasteiger partial charge in [-0.05, 0) is 48.7 Å². The Labute approximate surface area is 165 Å². The lowest BCUT2D eigenvalue weighted by Gasteiger charge is -2.19. The Morgan fingerprint density at radius 1 is 1.04 bits per heavy atom. The largest absolute Gasteiger partial charge is 0.493 e. The molecule has 2 aromatic rings. The van der Waals surface area contributed by atoms with E-state index >= 15 is 0 Å². The van der Waals surface area contributed by atoms with Crippen LogP contribution in [0.15, 0.2) is 41.3 Å². The molecule has 0 unspecified atom stereocenters. The predicted octanol–water partition coefficient (Wildman–Crippen LogP) is 3.23. The molecule has 8 heteroatoms. The number of hydrogen-bond acceptors (Lipinski definition) is 6. The summed E-state index contributed by atoms with van der Waals surface area (Å²) in [5, 5.41) is 0. The van der Waals surface area contributed by atoms with Crippen molar-refractivity contribution in [2.45, 2.75) is 31.2 Å². The Morgan fingerprint density at radius 2 is 1.71 bits per heavy atom. The Bertz CT molecular complexity index is 955. The number of sulfonamides is 1. The van der Waals surface area contributed by atoms with Gasteiger partial charge < -0.3 is 14.2 Å². The van der Waals surface area contributed by atoms with Crippen molar-refractivity contribution < 1.29 is 27.4 Å². The maximum Gasteiger partial charge on any atom is 0.338 e. The fourth-order valence-electron chi connectivity index (χ4n) is 2.81. The van der Waals surface area contributed by atoms with Crippen molar-refractivity contribution in [2.75, 3.05) is 21.3 Å². The SMILES string of the molecule is CC[C@@H](NS(=O)(=O)c1ccc(C)c(C(=O)OC)c1)c1ccc(OC)c(OC)c1. The van der Waals surface area contributed by atoms with Gasteiger partial charge in [-0.3, -0.25) is 0 Å². The van der Waals surface area contributed by atoms with Crippen LogP contribution >= 0.6 is 0 Å². The van der Waals surface area contributed by atoms with Gasteiger partial charge in [0.05, 0.1) is 31.8 Å². The lowest BCUT2D eigenvalue weighted by molar-refractivity contribution is 0.0599. The van der Waals surface area contributed by atoms with Gasteiger partial charge in [-0.1, -0.05) is 19.1 Å². The summed E-state index contributed by atoms with van der Waals surface area (Å²) < 4.78 is 43.8. The van der Waals surface area contributed by atoms with Gasteiger partial charge in [-0.2, -0.15) is 0 Å². The topological polar surface area (TPSA) is 90.9 Å². The molecule has 0 heterocycles. The second kappa shape index (κ2) is 9.07. The normalized spacial score (nSPS) is 12.3. The zero-order valence-electron chi connectivity index (χ0n) is 16.6. The van der Waals surface area contributed by atoms with Gasteiger partial charge in [0.25, 0.3) is 0 Å². The molecule has 0 spiro atoms. The minimum Gasteiger partial charge on any atom is -0.493 e. The molecule has 1 atom stereocenters. The zero-order valence-corrected chi connectivity index (χ0v) is 17.4. The number of hydrogen-bond donors (Lipinski definition) is 1. The van der Waals surface area contributed by atoms with Crippen molar-refractivity contribution in [3.05, 3.63) is 53.1 Å². The van der Waals surface area contributed by atoms with Gasteiger partial charge in [-0.25, -0.2) is 17.9 Å². The van der Waals surface area contributed by atoms with Gasteiger partial charge in [0, 0.05) is 6.04 Å². The van der Waals surface area contributed by atoms with E-state index in [1.54, 1.807) is 31.2 Å². The first kappa shape index (κ1) is 21.7. The second-order valence-electron chi connectivity index (χ2n) is 6.16. The van der Waals surface area contributed by atoms with Crippen LogP contribution in [-0.4, -0.2) is 35.7 Å². The lowest BCUT2D eigenvalue weighted by Crippen LogP contribution is -2.28. The Balaban J connectivity index is 2.38. The van der Waals surface area contributed by atoms with E-state index < -0.39 is 22.0 Å². The third-order valence-electron chi connectivity index (χ3n) is 4.44. The second-order valence-corrected chi connectivity index (χ2v) is 7.88. The van der Waals surface area contributed by atoms with Crippen LogP contribution in [0.4, 0.5) is 0 Å². The third-order valence-corrected chi connectivity index (χ3v) is 5.91. The van der Waals surface area contributed by atoms with Crippen LogP contribution < -0.4 is 14.2 Å². The molecule has 152 valence electrons. The monoisotopic (exact) mass is 407 g/mol. The number of aryl methyl sites for hydroxylation is 1. The minimum absolute atomic E-state index is 0.00238. The highest BCUT2D eigenvalue weighted by Gasteiger charge is 2.23. The van der Waals surface area contributed by atoms with E-state index in [4.69, 9.17) is 14.2 Å². The summed E-state index contributed by atoms with van der Waals surface area (Å²) in [6.45, 7) is 3.59. The number of benzene rings is 2. The molecule has 28 heavy (non-hydrogen) atoms. The maximum atomic E-state index is 12.9. The fourth-order valence-corrected chi connectivity index (χ4v) is 4.14. The lowest BCUT2D eigenvalue weighted by atomic mass is 10.1. The summed E-state index contributed by atoms with van der Waals surface area (Å²) in [7, 11) is 0.446. The molecule has 0 radical (unpaired) electrons. The standard InChI is InChI=1S/C20H25NO6S/c1-6-17(14-8-10-18(25-3)19(11-14)26-4)21-28(23,24)15-9-7-13(2)16(12-15)20(22)27-5/h7-12,17,21H,6H2,1-5H3/t17-/m1/s1. The summed E-state index contributed by atoms with van der Waals surface area (Å²) >= 11 is 0. The highest BCUT2D eigenvalue weighted by Crippen LogP contribution is 2.31. The molecule has 0 fully saturated rings. The van der Waals surface area contributed by atoms with Crippen LogP contribution in [0.25, 0.3) is 0 Å². The van der Waals surface area contributed by atoms with Gasteiger partial charge in [-0.15, -0.1) is 0 Å². The molecule has 2 rings (SSSR count). The van der Waals surface area contributed by atoms with Crippen molar-refractivity contribution in [1.82, 2.24) is 4.72 Å². The zero-order chi connectivity index (χ0) is 20.9. The van der Waals surface area contributed by atoms with E-state index in [-0.39, 0.29) is 10.5 Å². The van der Waals surface area contributed by atoms with Crippen molar-refractivity contribution in [2.24, 2.45) is 0 Å². The molecule has 0 aliphatic heterocycles. The van der Waals surface area contributed by atoms with Gasteiger partial charge >= 0.3 is 5.97 Å². The van der Waals surface area contributed by atoms with Crippen molar-refractivity contribution in [1.29, 1.82) is 0 Å². The van der Waals surface area contributed by atoms with Crippen LogP contribution in [0.2, 0.25) is 0 Å². The Hall–Kier alpha value is -2.58. The first-order valence-electron chi connectivity index (χ1n) is 8.70. The van der Waals surface area contributed by atoms with Crippen molar-refractivity contribution in [3.8, 4) is 11.5 Å². The van der Waals surface area contributed by atoms with Crippen molar-refractivity contribution >= 4 is 16.0 Å². The van der Waals surface area contributed by atoms with Crippen LogP contribution in [0.3, 0.4) is 0 Å². The highest BCUT2D eigenvalue weighted by molar-refractivity contribution is 7.89. The van der Waals surface area contributed by atoms with E-state index in [0.29, 0.717) is 23.5 Å². The van der Waals surface area contributed by atoms with E-state index in [1.165, 1.54) is 33.5 Å². The number of esters is 1. The third kappa shape index (κ3) is 4.63. The van der Waals surface area contributed by atoms with Crippen LogP contribution in [-0.2, 0) is 14.8 Å². The molecule has 0 aliphatic rings. The maximum absolute atomic E-state index is 12.9. The summed E-state index contributed by atoms with van der Waals surface area (Å²) in [6, 6.07) is 9.14. The van der Waals surface area contributed by atoms with Crippen molar-refractivity contribution in [3.63, 3.8) is 0 Å². The molecule has 0 saturated heterocycles. The molecular weight excluding hydrogens is 382 g/mol. The molecule has 0 aliphatic carbocycles. The highest BCUT2D eigenvalue weighted by atomic mass is 32.2. The number of carbonyl (C=O) groups excluding carboxylic acids is 1. The van der Waals surface area contributed by atoms with Gasteiger partial charge in [0.2, 0.25) is 10.0 Å². The van der Waals surface area contributed by atoms with E-state index in [9.17, 15) is 13.2 Å². The number of methoxy groups -OCH3 is 3. The molecule has 0 saturated carbocycles. The number of ether oxygens (including phenoxy) is 3. The summed E-state index contributed by atoms with van der Waals surface area (Å²) in [6.07, 6.45) is 0.518. The first-order chi connectivity index (χ1) is 13.3. The summed E-state index contributed by atoms with van der Waals surface area (Å²) in [5.74, 6) is 0.493. The molecule has 7 nitrogen and oxygen atoms in total. The summed E-state index contributed by atoms with van der Waals surface area (Å²) in [5.41, 5.74) is 1.59. The molecule has 0 amide bonds. The summed E-state index contributed by atoms with van der Waals surface area (Å²) in [4.78, 5) is 11.9. The number of nitrogens with one attached hydrogen (secondary N) is 1. The number of rotatable bonds is 8. The van der Waals surface area contributed by atoms with Crippen LogP contribution in [0.1, 0.15) is 40.9 Å². The average Bonchev–Trinajstić information content (AvgIpc) is 2.71. The van der Waals surface area contributed by atoms with Gasteiger partial charge in [0.1, 0.15) is 0 Å². The minimum atomic E-state index is -3.87. The van der Waals surface area contributed by atoms with E-state index in [1.807, 2.05) is 6.92 Å². The van der Waals surface area contributed by atoms with Gasteiger partial charge in [0.15, 0.2) is 11.5 Å². The van der Waals surface area contributed by atoms with Crippen LogP contribution in [0, 0.1) is 6.92 Å².